The normalized spacial score (nSPS) is 16.1. The number of ether oxygens (including phenoxy) is 2. The summed E-state index contributed by atoms with van der Waals surface area (Å²) >= 11 is 5.89. The molecule has 0 saturated carbocycles. The van der Waals surface area contributed by atoms with Crippen LogP contribution < -0.4 is 15.4 Å². The van der Waals surface area contributed by atoms with Gasteiger partial charge >= 0.3 is 0 Å². The fourth-order valence-electron chi connectivity index (χ4n) is 3.96. The van der Waals surface area contributed by atoms with Crippen molar-refractivity contribution in [2.45, 2.75) is 12.5 Å². The standard InChI is InChI=1S/C25H27ClFN5O4/c1-35-23-13-21-18(25(29-15-28-21)30-16-4-5-20(27)19(26)11-16)12-22(23)31-24(34)3-2-7-32-8-6-17(14-32)36-10-9-33/h2-5,11-13,15,17,33H,6-10,14H2,1H3,(H,31,34)(H,28,29,30). The van der Waals surface area contributed by atoms with Gasteiger partial charge in [-0.3, -0.25) is 9.69 Å². The molecule has 1 atom stereocenters. The van der Waals surface area contributed by atoms with Gasteiger partial charge in [-0.1, -0.05) is 17.7 Å². The molecule has 1 aromatic heterocycles. The number of likely N-dealkylation sites (tertiary alicyclic amines) is 1. The van der Waals surface area contributed by atoms with Gasteiger partial charge in [0, 0.05) is 42.9 Å². The molecule has 3 aromatic rings. The molecule has 1 fully saturated rings. The van der Waals surface area contributed by atoms with Crippen molar-refractivity contribution in [3.8, 4) is 5.75 Å². The van der Waals surface area contributed by atoms with Gasteiger partial charge in [-0.05, 0) is 30.7 Å². The first-order valence-corrected chi connectivity index (χ1v) is 11.8. The summed E-state index contributed by atoms with van der Waals surface area (Å²) in [6.07, 6.45) is 5.68. The number of amides is 1. The molecule has 0 aliphatic carbocycles. The lowest BCUT2D eigenvalue weighted by Gasteiger charge is -2.14. The maximum absolute atomic E-state index is 13.5. The van der Waals surface area contributed by atoms with Crippen LogP contribution >= 0.6 is 11.6 Å². The zero-order valence-corrected chi connectivity index (χ0v) is 20.5. The van der Waals surface area contributed by atoms with Crippen molar-refractivity contribution in [3.05, 3.63) is 59.7 Å². The lowest BCUT2D eigenvalue weighted by atomic mass is 10.1. The van der Waals surface area contributed by atoms with Gasteiger partial charge in [0.2, 0.25) is 5.91 Å². The molecule has 9 nitrogen and oxygen atoms in total. The molecule has 2 aromatic carbocycles. The molecule has 3 N–H and O–H groups in total. The van der Waals surface area contributed by atoms with Gasteiger partial charge in [0.1, 0.15) is 23.7 Å². The number of nitrogens with zero attached hydrogens (tertiary/aromatic N) is 3. The van der Waals surface area contributed by atoms with Crippen molar-refractivity contribution < 1.29 is 23.8 Å². The van der Waals surface area contributed by atoms with E-state index < -0.39 is 5.82 Å². The third-order valence-corrected chi connectivity index (χ3v) is 5.99. The fraction of sp³-hybridized carbons (Fsp3) is 0.320. The SMILES string of the molecule is COc1cc2ncnc(Nc3ccc(F)c(Cl)c3)c2cc1NC(=O)C=CCN1CCC(OCCO)C1. The van der Waals surface area contributed by atoms with Crippen LogP contribution in [0.1, 0.15) is 6.42 Å². The monoisotopic (exact) mass is 515 g/mol. The molecule has 0 bridgehead atoms. The third kappa shape index (κ3) is 6.46. The Morgan fingerprint density at radius 2 is 2.19 bits per heavy atom. The number of aromatic nitrogens is 2. The number of carbonyl (C=O) groups excluding carboxylic acids is 1. The van der Waals surface area contributed by atoms with Gasteiger partial charge in [0.15, 0.2) is 0 Å². The van der Waals surface area contributed by atoms with Crippen molar-refractivity contribution in [3.63, 3.8) is 0 Å². The summed E-state index contributed by atoms with van der Waals surface area (Å²) in [5.41, 5.74) is 1.60. The Balaban J connectivity index is 1.46. The Morgan fingerprint density at radius 3 is 2.97 bits per heavy atom. The minimum Gasteiger partial charge on any atom is -0.494 e. The van der Waals surface area contributed by atoms with E-state index >= 15 is 0 Å². The zero-order valence-electron chi connectivity index (χ0n) is 19.7. The van der Waals surface area contributed by atoms with Gasteiger partial charge < -0.3 is 25.2 Å². The number of anilines is 3. The highest BCUT2D eigenvalue weighted by molar-refractivity contribution is 6.31. The first-order valence-electron chi connectivity index (χ1n) is 11.4. The highest BCUT2D eigenvalue weighted by atomic mass is 35.5. The molecule has 11 heteroatoms. The number of benzene rings is 2. The minimum absolute atomic E-state index is 0.0121. The molecule has 1 aliphatic heterocycles. The Bertz CT molecular complexity index is 1260. The van der Waals surface area contributed by atoms with Gasteiger partial charge in [0.05, 0.1) is 42.7 Å². The van der Waals surface area contributed by atoms with E-state index in [0.29, 0.717) is 47.0 Å². The summed E-state index contributed by atoms with van der Waals surface area (Å²) in [6.45, 7) is 2.60. The molecule has 4 rings (SSSR count). The highest BCUT2D eigenvalue weighted by Gasteiger charge is 2.21. The van der Waals surface area contributed by atoms with Crippen LogP contribution in [0.5, 0.6) is 5.75 Å². The van der Waals surface area contributed by atoms with Crippen LogP contribution in [0.2, 0.25) is 5.02 Å². The first kappa shape index (κ1) is 25.8. The molecule has 1 aliphatic rings. The van der Waals surface area contributed by atoms with Crippen LogP contribution in [0.15, 0.2) is 48.8 Å². The Hall–Kier alpha value is -3.31. The molecule has 2 heterocycles. The van der Waals surface area contributed by atoms with Crippen molar-refractivity contribution in [2.75, 3.05) is 50.6 Å². The zero-order chi connectivity index (χ0) is 25.5. The molecule has 1 saturated heterocycles. The van der Waals surface area contributed by atoms with E-state index in [2.05, 4.69) is 25.5 Å². The van der Waals surface area contributed by atoms with Crippen molar-refractivity contribution in [1.82, 2.24) is 14.9 Å². The number of halogens is 2. The molecule has 190 valence electrons. The first-order chi connectivity index (χ1) is 17.5. The van der Waals surface area contributed by atoms with Crippen molar-refractivity contribution >= 4 is 45.6 Å². The van der Waals surface area contributed by atoms with Gasteiger partial charge in [0.25, 0.3) is 0 Å². The number of hydrogen-bond donors (Lipinski definition) is 3. The van der Waals surface area contributed by atoms with E-state index in [0.717, 1.165) is 19.5 Å². The molecule has 36 heavy (non-hydrogen) atoms. The Labute approximate surface area is 212 Å². The van der Waals surface area contributed by atoms with Crippen LogP contribution in [0.4, 0.5) is 21.6 Å². The molecular weight excluding hydrogens is 489 g/mol. The largest absolute Gasteiger partial charge is 0.494 e. The second-order valence-electron chi connectivity index (χ2n) is 8.20. The molecule has 0 spiro atoms. The number of aliphatic hydroxyl groups excluding tert-OH is 1. The van der Waals surface area contributed by atoms with Gasteiger partial charge in [-0.15, -0.1) is 0 Å². The third-order valence-electron chi connectivity index (χ3n) is 5.70. The predicted molar refractivity (Wildman–Crippen MR) is 136 cm³/mol. The number of methoxy groups -OCH3 is 1. The fourth-order valence-corrected chi connectivity index (χ4v) is 4.14. The van der Waals surface area contributed by atoms with E-state index in [1.807, 2.05) is 0 Å². The van der Waals surface area contributed by atoms with Crippen molar-refractivity contribution in [2.24, 2.45) is 0 Å². The highest BCUT2D eigenvalue weighted by Crippen LogP contribution is 2.33. The smallest absolute Gasteiger partial charge is 0.248 e. The number of nitrogens with one attached hydrogen (secondary N) is 2. The molecule has 0 radical (unpaired) electrons. The number of aliphatic hydroxyl groups is 1. The quantitative estimate of drug-likeness (QED) is 0.350. The Morgan fingerprint density at radius 1 is 1.33 bits per heavy atom. The van der Waals surface area contributed by atoms with Crippen molar-refractivity contribution in [1.29, 1.82) is 0 Å². The Kier molecular flexibility index (Phi) is 8.65. The summed E-state index contributed by atoms with van der Waals surface area (Å²) in [5, 5.41) is 15.5. The van der Waals surface area contributed by atoms with E-state index in [9.17, 15) is 9.18 Å². The summed E-state index contributed by atoms with van der Waals surface area (Å²) in [7, 11) is 1.51. The number of hydrogen-bond acceptors (Lipinski definition) is 8. The second-order valence-corrected chi connectivity index (χ2v) is 8.61. The molecule has 1 amide bonds. The minimum atomic E-state index is -0.517. The molecule has 1 unspecified atom stereocenters. The van der Waals surface area contributed by atoms with E-state index in [-0.39, 0.29) is 23.6 Å². The number of fused-ring (bicyclic) bond motifs is 1. The predicted octanol–water partition coefficient (Wildman–Crippen LogP) is 3.75. The number of carbonyl (C=O) groups is 1. The van der Waals surface area contributed by atoms with Crippen LogP contribution in [0, 0.1) is 5.82 Å². The molecular formula is C25H27ClFN5O4. The number of rotatable bonds is 10. The van der Waals surface area contributed by atoms with Crippen LogP contribution in [0.3, 0.4) is 0 Å². The lowest BCUT2D eigenvalue weighted by molar-refractivity contribution is -0.111. The summed E-state index contributed by atoms with van der Waals surface area (Å²) < 4.78 is 24.5. The van der Waals surface area contributed by atoms with E-state index in [1.165, 1.54) is 31.6 Å². The maximum atomic E-state index is 13.5. The van der Waals surface area contributed by atoms with Gasteiger partial charge in [-0.25, -0.2) is 14.4 Å². The van der Waals surface area contributed by atoms with Crippen LogP contribution in [-0.2, 0) is 9.53 Å². The summed E-state index contributed by atoms with van der Waals surface area (Å²) in [4.78, 5) is 23.4. The maximum Gasteiger partial charge on any atom is 0.248 e. The average molecular weight is 516 g/mol. The lowest BCUT2D eigenvalue weighted by Crippen LogP contribution is -2.24. The van der Waals surface area contributed by atoms with Crippen LogP contribution in [0.25, 0.3) is 10.9 Å². The summed E-state index contributed by atoms with van der Waals surface area (Å²) in [5.74, 6) is 0.0826. The topological polar surface area (TPSA) is 109 Å². The van der Waals surface area contributed by atoms with E-state index in [4.69, 9.17) is 26.2 Å². The summed E-state index contributed by atoms with van der Waals surface area (Å²) in [6, 6.07) is 7.70. The second kappa shape index (κ2) is 12.1. The average Bonchev–Trinajstić information content (AvgIpc) is 3.32. The van der Waals surface area contributed by atoms with Crippen LogP contribution in [-0.4, -0.2) is 71.9 Å². The van der Waals surface area contributed by atoms with E-state index in [1.54, 1.807) is 24.3 Å². The van der Waals surface area contributed by atoms with Gasteiger partial charge in [-0.2, -0.15) is 0 Å².